The van der Waals surface area contributed by atoms with Crippen LogP contribution in [0, 0.1) is 0 Å². The Labute approximate surface area is 164 Å². The number of morpholine rings is 1. The van der Waals surface area contributed by atoms with Crippen molar-refractivity contribution in [2.24, 2.45) is 0 Å². The van der Waals surface area contributed by atoms with E-state index in [-0.39, 0.29) is 11.7 Å². The van der Waals surface area contributed by atoms with E-state index >= 15 is 0 Å². The molecule has 28 heavy (non-hydrogen) atoms. The van der Waals surface area contributed by atoms with E-state index in [0.717, 1.165) is 31.2 Å². The molecule has 1 aliphatic rings. The molecule has 0 aliphatic carbocycles. The predicted molar refractivity (Wildman–Crippen MR) is 99.5 cm³/mol. The largest absolute Gasteiger partial charge is 0.416 e. The third-order valence-electron chi connectivity index (χ3n) is 4.14. The van der Waals surface area contributed by atoms with Gasteiger partial charge in [0.15, 0.2) is 5.16 Å². The van der Waals surface area contributed by atoms with E-state index < -0.39 is 11.7 Å². The van der Waals surface area contributed by atoms with Gasteiger partial charge in [0.25, 0.3) is 0 Å². The number of nitrogens with zero attached hydrogens (tertiary/aromatic N) is 4. The lowest BCUT2D eigenvalue weighted by Crippen LogP contribution is -2.38. The summed E-state index contributed by atoms with van der Waals surface area (Å²) in [5, 5.41) is 11.6. The van der Waals surface area contributed by atoms with Gasteiger partial charge in [0.2, 0.25) is 11.9 Å². The van der Waals surface area contributed by atoms with Crippen molar-refractivity contribution in [3.8, 4) is 0 Å². The smallest absolute Gasteiger partial charge is 0.378 e. The van der Waals surface area contributed by atoms with Crippen LogP contribution in [-0.4, -0.2) is 52.7 Å². The Bertz CT molecular complexity index is 804. The van der Waals surface area contributed by atoms with E-state index in [0.29, 0.717) is 30.6 Å². The van der Waals surface area contributed by atoms with Gasteiger partial charge in [-0.1, -0.05) is 11.8 Å². The highest BCUT2D eigenvalue weighted by Crippen LogP contribution is 2.30. The average molecular weight is 415 g/mol. The van der Waals surface area contributed by atoms with E-state index in [1.165, 1.54) is 23.9 Å². The first kappa shape index (κ1) is 20.5. The Kier molecular flexibility index (Phi) is 6.45. The molecule has 1 aliphatic heterocycles. The molecule has 1 N–H and O–H groups in total. The normalized spacial score (nSPS) is 14.9. The van der Waals surface area contributed by atoms with Gasteiger partial charge in [0.1, 0.15) is 0 Å². The number of ether oxygens (including phenoxy) is 1. The first-order valence-electron chi connectivity index (χ1n) is 8.74. The zero-order valence-electron chi connectivity index (χ0n) is 15.2. The maximum Gasteiger partial charge on any atom is 0.416 e. The van der Waals surface area contributed by atoms with Crippen LogP contribution >= 0.6 is 11.8 Å². The van der Waals surface area contributed by atoms with Crippen molar-refractivity contribution in [3.63, 3.8) is 0 Å². The molecule has 1 aromatic carbocycles. The number of thioether (sulfide) groups is 1. The SMILES string of the molecule is CCn1c(SCC(=O)Nc2ccc(C(F)(F)F)cc2)nnc1N1CCOCC1. The summed E-state index contributed by atoms with van der Waals surface area (Å²) in [5.74, 6) is 0.488. The number of anilines is 2. The monoisotopic (exact) mass is 415 g/mol. The number of hydrogen-bond donors (Lipinski definition) is 1. The van der Waals surface area contributed by atoms with Gasteiger partial charge in [-0.05, 0) is 31.2 Å². The standard InChI is InChI=1S/C17H20F3N5O2S/c1-2-25-15(24-7-9-27-10-8-24)22-23-16(25)28-11-14(26)21-13-5-3-12(4-6-13)17(18,19)20/h3-6H,2,7-11H2,1H3,(H,21,26). The molecule has 1 saturated heterocycles. The van der Waals surface area contributed by atoms with Crippen LogP contribution in [-0.2, 0) is 22.3 Å². The van der Waals surface area contributed by atoms with Crippen molar-refractivity contribution in [3.05, 3.63) is 29.8 Å². The summed E-state index contributed by atoms with van der Waals surface area (Å²) in [7, 11) is 0. The molecule has 0 bridgehead atoms. The fourth-order valence-corrected chi connectivity index (χ4v) is 3.53. The third kappa shape index (κ3) is 4.96. The maximum atomic E-state index is 12.6. The van der Waals surface area contributed by atoms with Crippen LogP contribution in [0.3, 0.4) is 0 Å². The van der Waals surface area contributed by atoms with Crippen LogP contribution in [0.5, 0.6) is 0 Å². The van der Waals surface area contributed by atoms with Crippen molar-refractivity contribution in [1.29, 1.82) is 0 Å². The molecule has 152 valence electrons. The molecule has 1 fully saturated rings. The van der Waals surface area contributed by atoms with E-state index in [2.05, 4.69) is 20.4 Å². The second kappa shape index (κ2) is 8.82. The highest BCUT2D eigenvalue weighted by Gasteiger charge is 2.30. The minimum atomic E-state index is -4.40. The van der Waals surface area contributed by atoms with Gasteiger partial charge in [0, 0.05) is 25.3 Å². The number of nitrogens with one attached hydrogen (secondary N) is 1. The summed E-state index contributed by atoms with van der Waals surface area (Å²) < 4.78 is 45.0. The average Bonchev–Trinajstić information content (AvgIpc) is 3.10. The lowest BCUT2D eigenvalue weighted by atomic mass is 10.2. The molecule has 0 radical (unpaired) electrons. The lowest BCUT2D eigenvalue weighted by Gasteiger charge is -2.27. The summed E-state index contributed by atoms with van der Waals surface area (Å²) in [6, 6.07) is 4.34. The summed E-state index contributed by atoms with van der Waals surface area (Å²) in [5.41, 5.74) is -0.448. The Hall–Kier alpha value is -2.27. The van der Waals surface area contributed by atoms with Gasteiger partial charge in [-0.25, -0.2) is 0 Å². The van der Waals surface area contributed by atoms with E-state index in [9.17, 15) is 18.0 Å². The van der Waals surface area contributed by atoms with Crippen LogP contribution in [0.4, 0.5) is 24.8 Å². The van der Waals surface area contributed by atoms with Gasteiger partial charge in [-0.3, -0.25) is 9.36 Å². The van der Waals surface area contributed by atoms with E-state index in [4.69, 9.17) is 4.74 Å². The molecule has 1 aromatic heterocycles. The van der Waals surface area contributed by atoms with Crippen molar-refractivity contribution >= 4 is 29.3 Å². The van der Waals surface area contributed by atoms with E-state index in [1.807, 2.05) is 11.5 Å². The zero-order valence-corrected chi connectivity index (χ0v) is 16.0. The number of alkyl halides is 3. The quantitative estimate of drug-likeness (QED) is 0.732. The second-order valence-corrected chi connectivity index (χ2v) is 6.98. The molecule has 2 aromatic rings. The number of hydrogen-bond acceptors (Lipinski definition) is 6. The summed E-state index contributed by atoms with van der Waals surface area (Å²) in [6.45, 7) is 5.36. The predicted octanol–water partition coefficient (Wildman–Crippen LogP) is 2.88. The fourth-order valence-electron chi connectivity index (χ4n) is 2.73. The van der Waals surface area contributed by atoms with Crippen LogP contribution in [0.2, 0.25) is 0 Å². The summed E-state index contributed by atoms with van der Waals surface area (Å²) in [4.78, 5) is 14.2. The van der Waals surface area contributed by atoms with Crippen molar-refractivity contribution in [2.45, 2.75) is 24.8 Å². The summed E-state index contributed by atoms with van der Waals surface area (Å²) >= 11 is 1.23. The molecule has 0 saturated carbocycles. The topological polar surface area (TPSA) is 72.3 Å². The van der Waals surface area contributed by atoms with Gasteiger partial charge in [-0.2, -0.15) is 13.2 Å². The number of halogens is 3. The van der Waals surface area contributed by atoms with Crippen molar-refractivity contribution in [2.75, 3.05) is 42.3 Å². The molecule has 2 heterocycles. The molecule has 0 unspecified atom stereocenters. The zero-order chi connectivity index (χ0) is 20.1. The highest BCUT2D eigenvalue weighted by molar-refractivity contribution is 7.99. The van der Waals surface area contributed by atoms with Gasteiger partial charge in [-0.15, -0.1) is 10.2 Å². The summed E-state index contributed by atoms with van der Waals surface area (Å²) in [6.07, 6.45) is -4.40. The highest BCUT2D eigenvalue weighted by atomic mass is 32.2. The molecule has 0 spiro atoms. The Morgan fingerprint density at radius 3 is 2.50 bits per heavy atom. The second-order valence-electron chi connectivity index (χ2n) is 6.04. The number of carbonyl (C=O) groups excluding carboxylic acids is 1. The number of aromatic nitrogens is 3. The fraction of sp³-hybridized carbons (Fsp3) is 0.471. The molecule has 11 heteroatoms. The molecule has 3 rings (SSSR count). The van der Waals surface area contributed by atoms with Gasteiger partial charge < -0.3 is 15.0 Å². The van der Waals surface area contributed by atoms with Crippen LogP contribution in [0.25, 0.3) is 0 Å². The van der Waals surface area contributed by atoms with E-state index in [1.54, 1.807) is 0 Å². The molecular formula is C17H20F3N5O2S. The minimum Gasteiger partial charge on any atom is -0.378 e. The first-order chi connectivity index (χ1) is 13.4. The molecule has 0 atom stereocenters. The van der Waals surface area contributed by atoms with Crippen LogP contribution in [0.1, 0.15) is 12.5 Å². The van der Waals surface area contributed by atoms with Crippen molar-refractivity contribution < 1.29 is 22.7 Å². The number of amides is 1. The van der Waals surface area contributed by atoms with Crippen molar-refractivity contribution in [1.82, 2.24) is 14.8 Å². The molecular weight excluding hydrogens is 395 g/mol. The third-order valence-corrected chi connectivity index (χ3v) is 5.10. The van der Waals surface area contributed by atoms with Crippen LogP contribution < -0.4 is 10.2 Å². The Morgan fingerprint density at radius 2 is 1.89 bits per heavy atom. The maximum absolute atomic E-state index is 12.6. The first-order valence-corrected chi connectivity index (χ1v) is 9.73. The number of rotatable bonds is 6. The van der Waals surface area contributed by atoms with Crippen LogP contribution in [0.15, 0.2) is 29.4 Å². The number of carbonyl (C=O) groups is 1. The lowest BCUT2D eigenvalue weighted by molar-refractivity contribution is -0.137. The van der Waals surface area contributed by atoms with Gasteiger partial charge in [0.05, 0.1) is 24.5 Å². The minimum absolute atomic E-state index is 0.0717. The Morgan fingerprint density at radius 1 is 1.21 bits per heavy atom. The molecule has 7 nitrogen and oxygen atoms in total. The van der Waals surface area contributed by atoms with Gasteiger partial charge >= 0.3 is 6.18 Å². The number of benzene rings is 1. The molecule has 1 amide bonds. The Balaban J connectivity index is 1.58.